The van der Waals surface area contributed by atoms with Crippen LogP contribution >= 0.6 is 11.6 Å². The Kier molecular flexibility index (Phi) is 4.18. The van der Waals surface area contributed by atoms with Crippen molar-refractivity contribution in [3.8, 4) is 0 Å². The second-order valence-electron chi connectivity index (χ2n) is 5.16. The molecule has 0 radical (unpaired) electrons. The highest BCUT2D eigenvalue weighted by Gasteiger charge is 2.15. The molecule has 3 heteroatoms. The minimum atomic E-state index is 0.0504. The lowest BCUT2D eigenvalue weighted by Crippen LogP contribution is -2.21. The standard InChI is InChI=1S/C18H16ClNO/c19-16-9-7-14(8-10-16)18(21)17-6-2-1-5-15(17)13-20-11-3-4-12-20/h1-10H,11-13H2. The van der Waals surface area contributed by atoms with E-state index in [-0.39, 0.29) is 5.78 Å². The number of nitrogens with zero attached hydrogens (tertiary/aromatic N) is 1. The second-order valence-corrected chi connectivity index (χ2v) is 5.60. The summed E-state index contributed by atoms with van der Waals surface area (Å²) in [7, 11) is 0. The van der Waals surface area contributed by atoms with Crippen LogP contribution in [0.3, 0.4) is 0 Å². The Balaban J connectivity index is 1.87. The van der Waals surface area contributed by atoms with Crippen molar-refractivity contribution in [2.75, 3.05) is 13.1 Å². The number of halogens is 1. The molecule has 1 aliphatic heterocycles. The van der Waals surface area contributed by atoms with Gasteiger partial charge >= 0.3 is 0 Å². The summed E-state index contributed by atoms with van der Waals surface area (Å²) in [5, 5.41) is 0.642. The van der Waals surface area contributed by atoms with E-state index in [1.54, 1.807) is 24.3 Å². The van der Waals surface area contributed by atoms with Gasteiger partial charge in [0.25, 0.3) is 0 Å². The molecule has 0 bridgehead atoms. The lowest BCUT2D eigenvalue weighted by molar-refractivity contribution is 0.103. The number of ketones is 1. The van der Waals surface area contributed by atoms with E-state index in [4.69, 9.17) is 11.6 Å². The number of carbonyl (C=O) groups is 1. The minimum Gasteiger partial charge on any atom is -0.292 e. The summed E-state index contributed by atoms with van der Waals surface area (Å²) >= 11 is 5.88. The molecule has 1 aliphatic rings. The molecular formula is C18H16ClNO. The van der Waals surface area contributed by atoms with Crippen molar-refractivity contribution in [2.45, 2.75) is 6.54 Å². The third-order valence-electron chi connectivity index (χ3n) is 3.66. The van der Waals surface area contributed by atoms with E-state index in [9.17, 15) is 4.79 Å². The molecular weight excluding hydrogens is 282 g/mol. The third-order valence-corrected chi connectivity index (χ3v) is 3.91. The molecule has 0 saturated carbocycles. The molecule has 2 nitrogen and oxygen atoms in total. The Morgan fingerprint density at radius 1 is 1.00 bits per heavy atom. The van der Waals surface area contributed by atoms with E-state index in [1.165, 1.54) is 0 Å². The topological polar surface area (TPSA) is 20.3 Å². The van der Waals surface area contributed by atoms with Gasteiger partial charge in [0, 0.05) is 35.8 Å². The number of hydrogen-bond donors (Lipinski definition) is 0. The van der Waals surface area contributed by atoms with Gasteiger partial charge in [-0.3, -0.25) is 9.69 Å². The first-order chi connectivity index (χ1) is 10.2. The molecule has 0 spiro atoms. The Hall–Kier alpha value is -1.90. The van der Waals surface area contributed by atoms with Gasteiger partial charge in [0.1, 0.15) is 0 Å². The number of rotatable bonds is 4. The van der Waals surface area contributed by atoms with Crippen LogP contribution < -0.4 is 0 Å². The monoisotopic (exact) mass is 297 g/mol. The first kappa shape index (κ1) is 14.1. The van der Waals surface area contributed by atoms with Gasteiger partial charge in [-0.2, -0.15) is 0 Å². The zero-order chi connectivity index (χ0) is 14.7. The molecule has 0 aromatic heterocycles. The molecule has 0 unspecified atom stereocenters. The highest BCUT2D eigenvalue weighted by atomic mass is 35.5. The van der Waals surface area contributed by atoms with Crippen molar-refractivity contribution in [2.24, 2.45) is 0 Å². The molecule has 0 aliphatic carbocycles. The van der Waals surface area contributed by atoms with Crippen LogP contribution in [-0.2, 0) is 6.54 Å². The smallest absolute Gasteiger partial charge is 0.193 e. The van der Waals surface area contributed by atoms with E-state index in [1.807, 2.05) is 24.3 Å². The number of carbonyl (C=O) groups excluding carboxylic acids is 1. The second kappa shape index (κ2) is 6.25. The fraction of sp³-hybridized carbons (Fsp3) is 0.167. The Morgan fingerprint density at radius 3 is 2.38 bits per heavy atom. The van der Waals surface area contributed by atoms with E-state index in [0.717, 1.165) is 30.8 Å². The molecule has 1 heterocycles. The van der Waals surface area contributed by atoms with Gasteiger partial charge in [-0.25, -0.2) is 0 Å². The van der Waals surface area contributed by atoms with Crippen molar-refractivity contribution in [3.05, 3.63) is 82.4 Å². The maximum absolute atomic E-state index is 12.7. The average molecular weight is 298 g/mol. The molecule has 0 atom stereocenters. The summed E-state index contributed by atoms with van der Waals surface area (Å²) in [6, 6.07) is 14.9. The summed E-state index contributed by atoms with van der Waals surface area (Å²) in [4.78, 5) is 15.0. The van der Waals surface area contributed by atoms with Gasteiger partial charge in [0.15, 0.2) is 5.78 Å². The molecule has 21 heavy (non-hydrogen) atoms. The van der Waals surface area contributed by atoms with Gasteiger partial charge in [0.2, 0.25) is 0 Å². The van der Waals surface area contributed by atoms with Crippen LogP contribution in [0.4, 0.5) is 0 Å². The molecule has 0 saturated heterocycles. The molecule has 106 valence electrons. The normalized spacial score (nSPS) is 14.5. The van der Waals surface area contributed by atoms with Crippen molar-refractivity contribution in [1.29, 1.82) is 0 Å². The zero-order valence-corrected chi connectivity index (χ0v) is 12.4. The maximum Gasteiger partial charge on any atom is 0.193 e. The van der Waals surface area contributed by atoms with E-state index in [2.05, 4.69) is 17.1 Å². The van der Waals surface area contributed by atoms with Crippen molar-refractivity contribution < 1.29 is 4.79 Å². The van der Waals surface area contributed by atoms with Gasteiger partial charge < -0.3 is 0 Å². The number of hydrogen-bond acceptors (Lipinski definition) is 2. The van der Waals surface area contributed by atoms with Crippen LogP contribution in [0, 0.1) is 0 Å². The molecule has 0 amide bonds. The summed E-state index contributed by atoms with van der Waals surface area (Å²) in [5.41, 5.74) is 2.51. The predicted octanol–water partition coefficient (Wildman–Crippen LogP) is 3.94. The van der Waals surface area contributed by atoms with E-state index >= 15 is 0 Å². The average Bonchev–Trinajstić information content (AvgIpc) is 3.01. The van der Waals surface area contributed by atoms with Crippen molar-refractivity contribution >= 4 is 17.4 Å². The first-order valence-corrected chi connectivity index (χ1v) is 7.37. The van der Waals surface area contributed by atoms with E-state index < -0.39 is 0 Å². The fourth-order valence-electron chi connectivity index (χ4n) is 2.53. The Labute approximate surface area is 129 Å². The van der Waals surface area contributed by atoms with Gasteiger partial charge in [0.05, 0.1) is 0 Å². The SMILES string of the molecule is O=C(c1ccc(Cl)cc1)c1ccccc1CN1CC=CC1. The predicted molar refractivity (Wildman–Crippen MR) is 85.7 cm³/mol. The Morgan fingerprint density at radius 2 is 1.67 bits per heavy atom. The largest absolute Gasteiger partial charge is 0.292 e. The lowest BCUT2D eigenvalue weighted by Gasteiger charge is -2.17. The first-order valence-electron chi connectivity index (χ1n) is 6.99. The molecule has 0 fully saturated rings. The van der Waals surface area contributed by atoms with Gasteiger partial charge in [-0.15, -0.1) is 0 Å². The van der Waals surface area contributed by atoms with Gasteiger partial charge in [-0.05, 0) is 29.8 Å². The van der Waals surface area contributed by atoms with Gasteiger partial charge in [-0.1, -0.05) is 48.0 Å². The fourth-order valence-corrected chi connectivity index (χ4v) is 2.65. The van der Waals surface area contributed by atoms with Crippen LogP contribution in [-0.4, -0.2) is 23.8 Å². The molecule has 2 aromatic carbocycles. The zero-order valence-electron chi connectivity index (χ0n) is 11.6. The summed E-state index contributed by atoms with van der Waals surface area (Å²) in [6.07, 6.45) is 4.31. The van der Waals surface area contributed by atoms with Crippen LogP contribution in [0.15, 0.2) is 60.7 Å². The Bertz CT molecular complexity index is 668. The minimum absolute atomic E-state index is 0.0504. The molecule has 3 rings (SSSR count). The lowest BCUT2D eigenvalue weighted by atomic mass is 9.98. The third kappa shape index (κ3) is 3.23. The highest BCUT2D eigenvalue weighted by molar-refractivity contribution is 6.30. The summed E-state index contributed by atoms with van der Waals surface area (Å²) in [6.45, 7) is 2.69. The maximum atomic E-state index is 12.7. The summed E-state index contributed by atoms with van der Waals surface area (Å²) in [5.74, 6) is 0.0504. The number of benzene rings is 2. The molecule has 2 aromatic rings. The van der Waals surface area contributed by atoms with E-state index in [0.29, 0.717) is 10.6 Å². The quantitative estimate of drug-likeness (QED) is 0.629. The van der Waals surface area contributed by atoms with Crippen LogP contribution in [0.5, 0.6) is 0 Å². The van der Waals surface area contributed by atoms with Crippen LogP contribution in [0.1, 0.15) is 21.5 Å². The highest BCUT2D eigenvalue weighted by Crippen LogP contribution is 2.19. The van der Waals surface area contributed by atoms with Crippen molar-refractivity contribution in [3.63, 3.8) is 0 Å². The molecule has 0 N–H and O–H groups in total. The van der Waals surface area contributed by atoms with Crippen LogP contribution in [0.2, 0.25) is 5.02 Å². The van der Waals surface area contributed by atoms with Crippen molar-refractivity contribution in [1.82, 2.24) is 4.90 Å². The summed E-state index contributed by atoms with van der Waals surface area (Å²) < 4.78 is 0. The van der Waals surface area contributed by atoms with Crippen LogP contribution in [0.25, 0.3) is 0 Å².